The van der Waals surface area contributed by atoms with Gasteiger partial charge in [-0.25, -0.2) is 0 Å². The molecule has 2 fully saturated rings. The zero-order chi connectivity index (χ0) is 18.4. The van der Waals surface area contributed by atoms with E-state index in [0.29, 0.717) is 0 Å². The molecule has 2 aliphatic heterocycles. The van der Waals surface area contributed by atoms with Gasteiger partial charge in [-0.3, -0.25) is 9.89 Å². The van der Waals surface area contributed by atoms with Gasteiger partial charge in [-0.15, -0.1) is 0 Å². The summed E-state index contributed by atoms with van der Waals surface area (Å²) in [5.41, 5.74) is 1.39. The Morgan fingerprint density at radius 3 is 2.88 bits per heavy atom. The predicted octanol–water partition coefficient (Wildman–Crippen LogP) is 2.56. The summed E-state index contributed by atoms with van der Waals surface area (Å²) in [4.78, 5) is 9.26. The molecule has 1 unspecified atom stereocenters. The van der Waals surface area contributed by atoms with Crippen LogP contribution in [0.2, 0.25) is 5.02 Å². The summed E-state index contributed by atoms with van der Waals surface area (Å²) < 4.78 is 5.55. The first kappa shape index (κ1) is 19.8. The molecule has 1 atom stereocenters. The maximum absolute atomic E-state index is 6.11. The lowest BCUT2D eigenvalue weighted by atomic mass is 9.95. The van der Waals surface area contributed by atoms with Crippen LogP contribution in [0, 0.1) is 0 Å². The summed E-state index contributed by atoms with van der Waals surface area (Å²) in [6.07, 6.45) is 1.22. The molecule has 26 heavy (non-hydrogen) atoms. The van der Waals surface area contributed by atoms with Crippen molar-refractivity contribution in [2.75, 3.05) is 58.4 Å². The molecule has 7 heteroatoms. The maximum atomic E-state index is 6.11. The van der Waals surface area contributed by atoms with Crippen LogP contribution >= 0.6 is 23.4 Å². The number of rotatable bonds is 5. The monoisotopic (exact) mass is 396 g/mol. The van der Waals surface area contributed by atoms with Crippen LogP contribution in [0.3, 0.4) is 0 Å². The molecule has 0 bridgehead atoms. The van der Waals surface area contributed by atoms with Gasteiger partial charge in [-0.1, -0.05) is 23.7 Å². The van der Waals surface area contributed by atoms with Crippen LogP contribution in [0.4, 0.5) is 0 Å². The molecule has 144 valence electrons. The Bertz CT molecular complexity index is 615. The maximum Gasteiger partial charge on any atom is 0.193 e. The molecule has 2 heterocycles. The molecule has 0 aliphatic carbocycles. The lowest BCUT2D eigenvalue weighted by molar-refractivity contribution is -0.0121. The molecule has 3 rings (SSSR count). The number of morpholine rings is 1. The van der Waals surface area contributed by atoms with Crippen molar-refractivity contribution in [3.63, 3.8) is 0 Å². The van der Waals surface area contributed by atoms with Crippen LogP contribution < -0.4 is 5.32 Å². The van der Waals surface area contributed by atoms with Crippen LogP contribution in [0.5, 0.6) is 0 Å². The second-order valence-corrected chi connectivity index (χ2v) is 8.55. The van der Waals surface area contributed by atoms with Gasteiger partial charge in [-0.05, 0) is 29.9 Å². The molecule has 0 radical (unpaired) electrons. The summed E-state index contributed by atoms with van der Waals surface area (Å²) >= 11 is 8.17. The number of thioether (sulfide) groups is 1. The average Bonchev–Trinajstić information content (AvgIpc) is 3.13. The van der Waals surface area contributed by atoms with Gasteiger partial charge in [0.05, 0.1) is 13.2 Å². The first-order valence-corrected chi connectivity index (χ1v) is 10.7. The Morgan fingerprint density at radius 1 is 1.42 bits per heavy atom. The number of hydrogen-bond donors (Lipinski definition) is 1. The van der Waals surface area contributed by atoms with Gasteiger partial charge >= 0.3 is 0 Å². The van der Waals surface area contributed by atoms with Crippen LogP contribution in [0.25, 0.3) is 0 Å². The van der Waals surface area contributed by atoms with E-state index in [4.69, 9.17) is 16.3 Å². The van der Waals surface area contributed by atoms with E-state index in [1.54, 1.807) is 0 Å². The summed E-state index contributed by atoms with van der Waals surface area (Å²) in [5, 5.41) is 4.40. The second-order valence-electron chi connectivity index (χ2n) is 7.01. The summed E-state index contributed by atoms with van der Waals surface area (Å²) in [7, 11) is 3.92. The van der Waals surface area contributed by atoms with E-state index in [0.717, 1.165) is 50.4 Å². The van der Waals surface area contributed by atoms with Crippen molar-refractivity contribution < 1.29 is 4.74 Å². The SMILES string of the molecule is CN=C(NCC1(N2CCOCC2)CCSC1)N(C)Cc1cccc(Cl)c1. The van der Waals surface area contributed by atoms with Crippen molar-refractivity contribution in [3.8, 4) is 0 Å². The number of nitrogens with one attached hydrogen (secondary N) is 1. The third-order valence-electron chi connectivity index (χ3n) is 5.22. The second kappa shape index (κ2) is 9.31. The lowest BCUT2D eigenvalue weighted by Crippen LogP contribution is -2.60. The smallest absolute Gasteiger partial charge is 0.193 e. The molecule has 2 aliphatic rings. The number of aliphatic imine (C=N–C) groups is 1. The first-order valence-electron chi connectivity index (χ1n) is 9.20. The first-order chi connectivity index (χ1) is 12.6. The van der Waals surface area contributed by atoms with Gasteiger partial charge in [-0.2, -0.15) is 11.8 Å². The van der Waals surface area contributed by atoms with Gasteiger partial charge in [0.1, 0.15) is 0 Å². The largest absolute Gasteiger partial charge is 0.379 e. The Kier molecular flexibility index (Phi) is 7.09. The van der Waals surface area contributed by atoms with Crippen LogP contribution in [0.15, 0.2) is 29.3 Å². The Labute approximate surface area is 166 Å². The lowest BCUT2D eigenvalue weighted by Gasteiger charge is -2.43. The highest BCUT2D eigenvalue weighted by Gasteiger charge is 2.40. The van der Waals surface area contributed by atoms with Gasteiger partial charge in [0.25, 0.3) is 0 Å². The topological polar surface area (TPSA) is 40.1 Å². The van der Waals surface area contributed by atoms with Gasteiger partial charge in [0.2, 0.25) is 0 Å². The van der Waals surface area contributed by atoms with E-state index in [-0.39, 0.29) is 5.54 Å². The minimum Gasteiger partial charge on any atom is -0.379 e. The molecule has 2 saturated heterocycles. The van der Waals surface area contributed by atoms with Crippen LogP contribution in [0.1, 0.15) is 12.0 Å². The van der Waals surface area contributed by atoms with Crippen molar-refractivity contribution in [3.05, 3.63) is 34.9 Å². The van der Waals surface area contributed by atoms with Crippen molar-refractivity contribution in [2.45, 2.75) is 18.5 Å². The zero-order valence-corrected chi connectivity index (χ0v) is 17.3. The average molecular weight is 397 g/mol. The number of guanidine groups is 1. The number of nitrogens with zero attached hydrogens (tertiary/aromatic N) is 3. The van der Waals surface area contributed by atoms with Crippen molar-refractivity contribution >= 4 is 29.3 Å². The van der Waals surface area contributed by atoms with Crippen LogP contribution in [-0.2, 0) is 11.3 Å². The number of halogens is 1. The standard InChI is InChI=1S/C19H29ClN4OS/c1-21-18(23(2)13-16-4-3-5-17(20)12-16)22-14-19(6-11-26-15-19)24-7-9-25-10-8-24/h3-5,12H,6-11,13-15H2,1-2H3,(H,21,22). The highest BCUT2D eigenvalue weighted by atomic mass is 35.5. The minimum atomic E-state index is 0.210. The van der Waals surface area contributed by atoms with Gasteiger partial charge in [0.15, 0.2) is 5.96 Å². The molecule has 0 spiro atoms. The fourth-order valence-electron chi connectivity index (χ4n) is 3.75. The van der Waals surface area contributed by atoms with E-state index in [1.165, 1.54) is 23.5 Å². The molecule has 0 aromatic heterocycles. The van der Waals surface area contributed by atoms with Crippen molar-refractivity contribution in [2.24, 2.45) is 4.99 Å². The Balaban J connectivity index is 1.61. The summed E-state index contributed by atoms with van der Waals surface area (Å²) in [6.45, 7) is 5.44. The predicted molar refractivity (Wildman–Crippen MR) is 111 cm³/mol. The van der Waals surface area contributed by atoms with Crippen LogP contribution in [-0.4, -0.2) is 79.7 Å². The molecule has 1 N–H and O–H groups in total. The molecule has 1 aromatic rings. The number of benzene rings is 1. The van der Waals surface area contributed by atoms with E-state index in [2.05, 4.69) is 45.0 Å². The molecular weight excluding hydrogens is 368 g/mol. The summed E-state index contributed by atoms with van der Waals surface area (Å²) in [6, 6.07) is 8.00. The number of hydrogen-bond acceptors (Lipinski definition) is 4. The van der Waals surface area contributed by atoms with Crippen molar-refractivity contribution in [1.29, 1.82) is 0 Å². The van der Waals surface area contributed by atoms with E-state index < -0.39 is 0 Å². The fourth-order valence-corrected chi connectivity index (χ4v) is 5.44. The Hall–Kier alpha value is -0.950. The molecular formula is C19H29ClN4OS. The molecule has 1 aromatic carbocycles. The molecule has 0 saturated carbocycles. The summed E-state index contributed by atoms with van der Waals surface area (Å²) in [5.74, 6) is 3.33. The quantitative estimate of drug-likeness (QED) is 0.611. The van der Waals surface area contributed by atoms with Crippen molar-refractivity contribution in [1.82, 2.24) is 15.1 Å². The van der Waals surface area contributed by atoms with E-state index in [1.807, 2.05) is 25.2 Å². The van der Waals surface area contributed by atoms with E-state index in [9.17, 15) is 0 Å². The zero-order valence-electron chi connectivity index (χ0n) is 15.7. The molecule has 0 amide bonds. The highest BCUT2D eigenvalue weighted by molar-refractivity contribution is 7.99. The number of ether oxygens (including phenoxy) is 1. The minimum absolute atomic E-state index is 0.210. The Morgan fingerprint density at radius 2 is 2.23 bits per heavy atom. The fraction of sp³-hybridized carbons (Fsp3) is 0.632. The third kappa shape index (κ3) is 4.85. The normalized spacial score (nSPS) is 24.7. The highest BCUT2D eigenvalue weighted by Crippen LogP contribution is 2.33. The van der Waals surface area contributed by atoms with E-state index >= 15 is 0 Å². The third-order valence-corrected chi connectivity index (χ3v) is 6.69. The van der Waals surface area contributed by atoms with Gasteiger partial charge < -0.3 is 15.0 Å². The van der Waals surface area contributed by atoms with Gasteiger partial charge in [0, 0.05) is 56.6 Å². The molecule has 5 nitrogen and oxygen atoms in total.